The molecule has 162 valence electrons. The van der Waals surface area contributed by atoms with Crippen LogP contribution >= 0.6 is 0 Å². The van der Waals surface area contributed by atoms with Crippen LogP contribution in [0, 0.1) is 11.8 Å². The molecule has 7 heteroatoms. The fraction of sp³-hybridized carbons (Fsp3) is 0.952. The summed E-state index contributed by atoms with van der Waals surface area (Å²) in [5.41, 5.74) is 0. The molecule has 2 atom stereocenters. The highest BCUT2D eigenvalue weighted by Gasteiger charge is 2.36. The summed E-state index contributed by atoms with van der Waals surface area (Å²) in [6.07, 6.45) is 14.7. The Bertz CT molecular complexity index is 610. The van der Waals surface area contributed by atoms with Crippen LogP contribution in [0.5, 0.6) is 0 Å². The molecule has 1 aliphatic heterocycles. The molecule has 1 heterocycles. The highest BCUT2D eigenvalue weighted by Crippen LogP contribution is 2.39. The van der Waals surface area contributed by atoms with Crippen molar-refractivity contribution in [2.24, 2.45) is 11.8 Å². The number of sulfonamides is 1. The first-order valence-corrected chi connectivity index (χ1v) is 13.1. The summed E-state index contributed by atoms with van der Waals surface area (Å²) in [5.74, 6) is 1.78. The predicted molar refractivity (Wildman–Crippen MR) is 110 cm³/mol. The van der Waals surface area contributed by atoms with E-state index in [0.717, 1.165) is 37.5 Å². The molecule has 3 fully saturated rings. The van der Waals surface area contributed by atoms with Crippen LogP contribution in [0.25, 0.3) is 0 Å². The van der Waals surface area contributed by atoms with E-state index in [1.807, 2.05) is 0 Å². The summed E-state index contributed by atoms with van der Waals surface area (Å²) in [5, 5.41) is 0. The van der Waals surface area contributed by atoms with Crippen molar-refractivity contribution < 1.29 is 17.9 Å². The molecule has 0 spiro atoms. The van der Waals surface area contributed by atoms with E-state index in [9.17, 15) is 13.2 Å². The van der Waals surface area contributed by atoms with Gasteiger partial charge in [0.15, 0.2) is 0 Å². The normalized spacial score (nSPS) is 33.0. The average Bonchev–Trinajstić information content (AvgIpc) is 2.66. The first kappa shape index (κ1) is 22.0. The van der Waals surface area contributed by atoms with Crippen LogP contribution in [0.2, 0.25) is 0 Å². The standard InChI is InChI=1S/C21H38N2O4S/c1-16(24)23-14-6-9-20(22-28(2,25)26)21(23)15-27-19-12-10-18(11-13-19)17-7-4-3-5-8-17/h17-22H,3-15H2,1-2H3/t18-,19+,20-,21-/m0/s1. The van der Waals surface area contributed by atoms with Crippen LogP contribution < -0.4 is 4.72 Å². The maximum atomic E-state index is 12.1. The predicted octanol–water partition coefficient (Wildman–Crippen LogP) is 3.07. The molecule has 1 N–H and O–H groups in total. The lowest BCUT2D eigenvalue weighted by atomic mass is 9.73. The van der Waals surface area contributed by atoms with Gasteiger partial charge in [0.2, 0.25) is 15.9 Å². The molecule has 0 aromatic heterocycles. The number of rotatable bonds is 6. The Labute approximate surface area is 170 Å². The maximum absolute atomic E-state index is 12.1. The average molecular weight is 415 g/mol. The SMILES string of the molecule is CC(=O)N1CCC[C@H](NS(C)(=O)=O)[C@@H]1CO[C@H]1CC[C@@H](C2CCCCC2)CC1. The fourth-order valence-electron chi connectivity index (χ4n) is 5.63. The van der Waals surface area contributed by atoms with Crippen LogP contribution in [0.15, 0.2) is 0 Å². The second kappa shape index (κ2) is 9.90. The van der Waals surface area contributed by atoms with Gasteiger partial charge in [-0.05, 0) is 50.4 Å². The minimum atomic E-state index is -3.31. The third-order valence-corrected chi connectivity index (χ3v) is 7.82. The summed E-state index contributed by atoms with van der Waals surface area (Å²) in [6, 6.07) is -0.469. The van der Waals surface area contributed by atoms with Crippen molar-refractivity contribution in [3.05, 3.63) is 0 Å². The van der Waals surface area contributed by atoms with E-state index in [1.54, 1.807) is 11.8 Å². The zero-order valence-corrected chi connectivity index (χ0v) is 18.4. The molecule has 28 heavy (non-hydrogen) atoms. The van der Waals surface area contributed by atoms with E-state index in [-0.39, 0.29) is 24.1 Å². The quantitative estimate of drug-likeness (QED) is 0.725. The summed E-state index contributed by atoms with van der Waals surface area (Å²) in [7, 11) is -3.31. The van der Waals surface area contributed by atoms with Crippen molar-refractivity contribution in [3.63, 3.8) is 0 Å². The third-order valence-electron chi connectivity index (χ3n) is 7.09. The first-order chi connectivity index (χ1) is 13.3. The van der Waals surface area contributed by atoms with Crippen molar-refractivity contribution in [1.82, 2.24) is 9.62 Å². The lowest BCUT2D eigenvalue weighted by Crippen LogP contribution is -2.58. The van der Waals surface area contributed by atoms with Gasteiger partial charge in [0.1, 0.15) is 0 Å². The molecule has 0 bridgehead atoms. The molecule has 1 saturated heterocycles. The van der Waals surface area contributed by atoms with Crippen molar-refractivity contribution in [2.75, 3.05) is 19.4 Å². The van der Waals surface area contributed by atoms with E-state index in [1.165, 1.54) is 51.2 Å². The zero-order chi connectivity index (χ0) is 20.1. The molecule has 1 amide bonds. The topological polar surface area (TPSA) is 75.7 Å². The Kier molecular flexibility index (Phi) is 7.79. The number of amides is 1. The van der Waals surface area contributed by atoms with E-state index >= 15 is 0 Å². The molecular formula is C21H38N2O4S. The number of ether oxygens (including phenoxy) is 1. The van der Waals surface area contributed by atoms with Gasteiger partial charge in [0, 0.05) is 19.5 Å². The van der Waals surface area contributed by atoms with Gasteiger partial charge in [-0.25, -0.2) is 13.1 Å². The Morgan fingerprint density at radius 2 is 1.61 bits per heavy atom. The number of likely N-dealkylation sites (tertiary alicyclic amines) is 1. The van der Waals surface area contributed by atoms with Crippen LogP contribution in [0.3, 0.4) is 0 Å². The highest BCUT2D eigenvalue weighted by molar-refractivity contribution is 7.88. The summed E-state index contributed by atoms with van der Waals surface area (Å²) in [4.78, 5) is 13.9. The Morgan fingerprint density at radius 1 is 0.964 bits per heavy atom. The number of carbonyl (C=O) groups is 1. The third kappa shape index (κ3) is 6.17. The lowest BCUT2D eigenvalue weighted by molar-refractivity contribution is -0.136. The number of hydrogen-bond donors (Lipinski definition) is 1. The van der Waals surface area contributed by atoms with Crippen LogP contribution in [0.4, 0.5) is 0 Å². The second-order valence-electron chi connectivity index (χ2n) is 9.19. The van der Waals surface area contributed by atoms with Gasteiger partial charge in [-0.15, -0.1) is 0 Å². The largest absolute Gasteiger partial charge is 0.376 e. The molecule has 3 aliphatic rings. The van der Waals surface area contributed by atoms with Crippen LogP contribution in [-0.4, -0.2) is 56.8 Å². The molecule has 0 aromatic rings. The van der Waals surface area contributed by atoms with Crippen molar-refractivity contribution in [3.8, 4) is 0 Å². The van der Waals surface area contributed by atoms with E-state index < -0.39 is 10.0 Å². The van der Waals surface area contributed by atoms with Crippen molar-refractivity contribution in [2.45, 2.75) is 95.7 Å². The van der Waals surface area contributed by atoms with E-state index in [2.05, 4.69) is 4.72 Å². The molecule has 6 nitrogen and oxygen atoms in total. The molecular weight excluding hydrogens is 376 g/mol. The molecule has 0 radical (unpaired) electrons. The van der Waals surface area contributed by atoms with E-state index in [0.29, 0.717) is 13.2 Å². The van der Waals surface area contributed by atoms with Gasteiger partial charge in [-0.1, -0.05) is 32.1 Å². The number of carbonyl (C=O) groups excluding carboxylic acids is 1. The maximum Gasteiger partial charge on any atom is 0.219 e. The number of nitrogens with zero attached hydrogens (tertiary/aromatic N) is 1. The molecule has 0 unspecified atom stereocenters. The first-order valence-electron chi connectivity index (χ1n) is 11.2. The van der Waals surface area contributed by atoms with Gasteiger partial charge >= 0.3 is 0 Å². The van der Waals surface area contributed by atoms with Gasteiger partial charge in [-0.2, -0.15) is 0 Å². The Hall–Kier alpha value is -0.660. The molecule has 2 aliphatic carbocycles. The zero-order valence-electron chi connectivity index (χ0n) is 17.6. The minimum Gasteiger partial charge on any atom is -0.376 e. The number of piperidine rings is 1. The van der Waals surface area contributed by atoms with Crippen molar-refractivity contribution >= 4 is 15.9 Å². The van der Waals surface area contributed by atoms with E-state index in [4.69, 9.17) is 4.74 Å². The minimum absolute atomic E-state index is 0.00499. The Morgan fingerprint density at radius 3 is 2.21 bits per heavy atom. The Balaban J connectivity index is 1.52. The molecule has 0 aromatic carbocycles. The fourth-order valence-corrected chi connectivity index (χ4v) is 6.46. The number of hydrogen-bond acceptors (Lipinski definition) is 4. The van der Waals surface area contributed by atoms with Gasteiger partial charge < -0.3 is 9.64 Å². The summed E-state index contributed by atoms with van der Waals surface area (Å²) >= 11 is 0. The monoisotopic (exact) mass is 414 g/mol. The summed E-state index contributed by atoms with van der Waals surface area (Å²) < 4.78 is 32.5. The smallest absolute Gasteiger partial charge is 0.219 e. The van der Waals surface area contributed by atoms with Gasteiger partial charge in [-0.3, -0.25) is 4.79 Å². The van der Waals surface area contributed by atoms with Crippen molar-refractivity contribution in [1.29, 1.82) is 0 Å². The number of nitrogens with one attached hydrogen (secondary N) is 1. The summed E-state index contributed by atoms with van der Waals surface area (Å²) in [6.45, 7) is 2.66. The molecule has 2 saturated carbocycles. The second-order valence-corrected chi connectivity index (χ2v) is 11.0. The highest BCUT2D eigenvalue weighted by atomic mass is 32.2. The molecule has 3 rings (SSSR count). The van der Waals surface area contributed by atoms with Gasteiger partial charge in [0.05, 0.1) is 25.0 Å². The lowest BCUT2D eigenvalue weighted by Gasteiger charge is -2.42. The van der Waals surface area contributed by atoms with Gasteiger partial charge in [0.25, 0.3) is 0 Å². The van der Waals surface area contributed by atoms with Crippen LogP contribution in [-0.2, 0) is 19.6 Å². The van der Waals surface area contributed by atoms with Crippen LogP contribution in [0.1, 0.15) is 77.6 Å².